The maximum absolute atomic E-state index is 11.2. The summed E-state index contributed by atoms with van der Waals surface area (Å²) in [4.78, 5) is 22.3. The number of carbonyl (C=O) groups is 2. The molecule has 0 rings (SSSR count). The summed E-state index contributed by atoms with van der Waals surface area (Å²) in [6, 6.07) is 0. The molecular weight excluding hydrogens is 260 g/mol. The Morgan fingerprint density at radius 3 is 2.16 bits per heavy atom. The Kier molecular flexibility index (Phi) is 6.66. The molecule has 0 saturated heterocycles. The van der Waals surface area contributed by atoms with Crippen molar-refractivity contribution < 1.29 is 18.8 Å². The van der Waals surface area contributed by atoms with Crippen molar-refractivity contribution in [1.29, 1.82) is 0 Å². The van der Waals surface area contributed by atoms with Crippen LogP contribution >= 0.6 is 0 Å². The van der Waals surface area contributed by atoms with E-state index >= 15 is 0 Å². The first-order valence-electron chi connectivity index (χ1n) is 6.44. The van der Waals surface area contributed by atoms with Crippen molar-refractivity contribution in [3.05, 3.63) is 12.2 Å². The number of hydrogen-bond acceptors (Lipinski definition) is 4. The molecule has 0 aromatic heterocycles. The van der Waals surface area contributed by atoms with E-state index in [1.54, 1.807) is 6.08 Å². The monoisotopic (exact) mass is 286 g/mol. The molecule has 0 fully saturated rings. The van der Waals surface area contributed by atoms with Crippen LogP contribution in [0.3, 0.4) is 0 Å². The maximum atomic E-state index is 11.2. The number of hydrogen-bond donors (Lipinski definition) is 0. The molecule has 0 radical (unpaired) electrons. The third-order valence-electron chi connectivity index (χ3n) is 3.63. The van der Waals surface area contributed by atoms with Crippen molar-refractivity contribution in [3.63, 3.8) is 0 Å². The number of esters is 1. The molecular formula is C14H26O4Si. The second-order valence-corrected chi connectivity index (χ2v) is 11.0. The first-order chi connectivity index (χ1) is 8.55. The lowest BCUT2D eigenvalue weighted by Gasteiger charge is -2.39. The number of ether oxygens (including phenoxy) is 1. The summed E-state index contributed by atoms with van der Waals surface area (Å²) in [5.41, 5.74) is 0. The van der Waals surface area contributed by atoms with Gasteiger partial charge >= 0.3 is 5.97 Å². The highest BCUT2D eigenvalue weighted by Crippen LogP contribution is 2.37. The fourth-order valence-corrected chi connectivity index (χ4v) is 2.49. The Morgan fingerprint density at radius 1 is 1.26 bits per heavy atom. The molecule has 0 aromatic rings. The zero-order valence-electron chi connectivity index (χ0n) is 13.0. The van der Waals surface area contributed by atoms with Crippen LogP contribution < -0.4 is 0 Å². The van der Waals surface area contributed by atoms with Crippen LogP contribution in [0.15, 0.2) is 12.2 Å². The predicted molar refractivity (Wildman–Crippen MR) is 78.5 cm³/mol. The Bertz CT molecular complexity index is 342. The van der Waals surface area contributed by atoms with Gasteiger partial charge in [0.2, 0.25) is 0 Å². The van der Waals surface area contributed by atoms with Gasteiger partial charge in [-0.15, -0.1) is 0 Å². The lowest BCUT2D eigenvalue weighted by atomic mass is 10.1. The van der Waals surface area contributed by atoms with Crippen LogP contribution in [0.2, 0.25) is 18.1 Å². The van der Waals surface area contributed by atoms with E-state index in [1.807, 2.05) is 6.92 Å². The van der Waals surface area contributed by atoms with E-state index in [4.69, 9.17) is 4.43 Å². The maximum Gasteiger partial charge on any atom is 0.330 e. The molecule has 0 N–H and O–H groups in total. The van der Waals surface area contributed by atoms with Crippen LogP contribution in [0.5, 0.6) is 0 Å². The Morgan fingerprint density at radius 2 is 1.79 bits per heavy atom. The van der Waals surface area contributed by atoms with E-state index in [-0.39, 0.29) is 11.0 Å². The highest BCUT2D eigenvalue weighted by molar-refractivity contribution is 6.74. The summed E-state index contributed by atoms with van der Waals surface area (Å²) in [5.74, 6) is -0.588. The fourth-order valence-electron chi connectivity index (χ4n) is 1.18. The quantitative estimate of drug-likeness (QED) is 0.326. The zero-order valence-corrected chi connectivity index (χ0v) is 14.0. The minimum atomic E-state index is -2.00. The third kappa shape index (κ3) is 5.70. The topological polar surface area (TPSA) is 52.6 Å². The van der Waals surface area contributed by atoms with Gasteiger partial charge in [0, 0.05) is 12.0 Å². The summed E-state index contributed by atoms with van der Waals surface area (Å²) in [7, 11) is -0.677. The molecule has 0 aliphatic carbocycles. The third-order valence-corrected chi connectivity index (χ3v) is 8.10. The Balaban J connectivity index is 4.81. The van der Waals surface area contributed by atoms with E-state index in [1.165, 1.54) is 13.2 Å². The first-order valence-corrected chi connectivity index (χ1v) is 9.35. The van der Waals surface area contributed by atoms with Gasteiger partial charge in [0.05, 0.1) is 7.11 Å². The summed E-state index contributed by atoms with van der Waals surface area (Å²) >= 11 is 0. The number of methoxy groups -OCH3 is 1. The molecule has 4 nitrogen and oxygen atoms in total. The minimum absolute atomic E-state index is 0.0417. The van der Waals surface area contributed by atoms with E-state index in [0.29, 0.717) is 0 Å². The normalized spacial score (nSPS) is 16.2. The van der Waals surface area contributed by atoms with Gasteiger partial charge in [-0.1, -0.05) is 33.8 Å². The van der Waals surface area contributed by atoms with Crippen LogP contribution in [-0.4, -0.2) is 33.8 Å². The van der Waals surface area contributed by atoms with Crippen LogP contribution in [-0.2, 0) is 18.8 Å². The first kappa shape index (κ1) is 18.1. The van der Waals surface area contributed by atoms with Gasteiger partial charge in [0.1, 0.15) is 12.4 Å². The standard InChI is InChI=1S/C14H26O4Si/c1-11(8-9-13(16)17-5)12(10-15)18-19(6,7)14(2,3)4/h8-12H,1-7H3/b9-8+/t11-,12-/m0/s1. The predicted octanol–water partition coefficient (Wildman–Crippen LogP) is 2.94. The van der Waals surface area contributed by atoms with Crippen LogP contribution in [0.25, 0.3) is 0 Å². The van der Waals surface area contributed by atoms with Crippen LogP contribution in [0.4, 0.5) is 0 Å². The minimum Gasteiger partial charge on any atom is -0.466 e. The molecule has 0 aromatic carbocycles. The van der Waals surface area contributed by atoms with Crippen LogP contribution in [0, 0.1) is 5.92 Å². The Hall–Kier alpha value is -0.943. The second-order valence-electron chi connectivity index (χ2n) is 6.22. The molecule has 5 heteroatoms. The lowest BCUT2D eigenvalue weighted by molar-refractivity contribution is -0.134. The molecule has 0 heterocycles. The van der Waals surface area contributed by atoms with Crippen molar-refractivity contribution in [3.8, 4) is 0 Å². The zero-order chi connectivity index (χ0) is 15.3. The van der Waals surface area contributed by atoms with Gasteiger partial charge in [-0.2, -0.15) is 0 Å². The van der Waals surface area contributed by atoms with Gasteiger partial charge in [-0.25, -0.2) is 4.79 Å². The summed E-state index contributed by atoms with van der Waals surface area (Å²) < 4.78 is 10.6. The molecule has 2 atom stereocenters. The van der Waals surface area contributed by atoms with Gasteiger partial charge in [-0.3, -0.25) is 0 Å². The van der Waals surface area contributed by atoms with E-state index in [2.05, 4.69) is 38.6 Å². The summed E-state index contributed by atoms with van der Waals surface area (Å²) in [6.45, 7) is 12.4. The molecule has 0 unspecified atom stereocenters. The molecule has 110 valence electrons. The van der Waals surface area contributed by atoms with E-state index in [0.717, 1.165) is 6.29 Å². The van der Waals surface area contributed by atoms with E-state index < -0.39 is 20.4 Å². The molecule has 0 bridgehead atoms. The highest BCUT2D eigenvalue weighted by atomic mass is 28.4. The number of aldehydes is 1. The largest absolute Gasteiger partial charge is 0.466 e. The average Bonchev–Trinajstić information content (AvgIpc) is 2.30. The van der Waals surface area contributed by atoms with Crippen LogP contribution in [0.1, 0.15) is 27.7 Å². The van der Waals surface area contributed by atoms with E-state index in [9.17, 15) is 9.59 Å². The molecule has 0 spiro atoms. The van der Waals surface area contributed by atoms with Gasteiger partial charge in [0.25, 0.3) is 0 Å². The van der Waals surface area contributed by atoms with Gasteiger partial charge in [0.15, 0.2) is 8.32 Å². The molecule has 0 amide bonds. The van der Waals surface area contributed by atoms with Gasteiger partial charge in [-0.05, 0) is 18.1 Å². The Labute approximate surface area is 117 Å². The van der Waals surface area contributed by atoms with Crippen molar-refractivity contribution in [2.45, 2.75) is 51.9 Å². The highest BCUT2D eigenvalue weighted by Gasteiger charge is 2.39. The summed E-state index contributed by atoms with van der Waals surface area (Å²) in [5, 5.41) is 0.0417. The number of carbonyl (C=O) groups excluding carboxylic acids is 2. The molecule has 0 aliphatic rings. The van der Waals surface area contributed by atoms with Crippen molar-refractivity contribution in [2.75, 3.05) is 7.11 Å². The van der Waals surface area contributed by atoms with Crippen molar-refractivity contribution >= 4 is 20.6 Å². The SMILES string of the molecule is COC(=O)/C=C/[C@H](C)[C@H](C=O)O[Si](C)(C)C(C)(C)C. The van der Waals surface area contributed by atoms with Gasteiger partial charge < -0.3 is 14.0 Å². The fraction of sp³-hybridized carbons (Fsp3) is 0.714. The lowest BCUT2D eigenvalue weighted by Crippen LogP contribution is -2.45. The molecule has 19 heavy (non-hydrogen) atoms. The summed E-state index contributed by atoms with van der Waals surface area (Å²) in [6.07, 6.45) is 3.27. The second kappa shape index (κ2) is 7.00. The molecule has 0 aliphatic heterocycles. The molecule has 0 saturated carbocycles. The number of rotatable bonds is 6. The van der Waals surface area contributed by atoms with Crippen molar-refractivity contribution in [1.82, 2.24) is 0 Å². The average molecular weight is 286 g/mol. The van der Waals surface area contributed by atoms with Crippen molar-refractivity contribution in [2.24, 2.45) is 5.92 Å². The smallest absolute Gasteiger partial charge is 0.330 e.